The third kappa shape index (κ3) is 5.33. The topological polar surface area (TPSA) is 15.3 Å². The Hall–Kier alpha value is -1.64. The Morgan fingerprint density at radius 1 is 0.905 bits per heavy atom. The maximum atomic E-state index is 3.42. The van der Waals surface area contributed by atoms with E-state index in [0.717, 1.165) is 25.9 Å². The molecule has 1 unspecified atom stereocenters. The second kappa shape index (κ2) is 8.60. The van der Waals surface area contributed by atoms with E-state index < -0.39 is 0 Å². The van der Waals surface area contributed by atoms with E-state index in [2.05, 4.69) is 77.9 Å². The van der Waals surface area contributed by atoms with Gasteiger partial charge in [0.1, 0.15) is 0 Å². The highest BCUT2D eigenvalue weighted by Gasteiger charge is 2.09. The van der Waals surface area contributed by atoms with Gasteiger partial charge in [0, 0.05) is 12.6 Å². The fourth-order valence-electron chi connectivity index (χ4n) is 2.59. The fourth-order valence-corrected chi connectivity index (χ4v) is 2.59. The van der Waals surface area contributed by atoms with Crippen molar-refractivity contribution in [1.82, 2.24) is 10.2 Å². The molecule has 0 saturated carbocycles. The molecule has 1 atom stereocenters. The van der Waals surface area contributed by atoms with Gasteiger partial charge in [0.05, 0.1) is 0 Å². The summed E-state index contributed by atoms with van der Waals surface area (Å²) in [6.45, 7) is 2.21. The summed E-state index contributed by atoms with van der Waals surface area (Å²) in [7, 11) is 4.25. The highest BCUT2D eigenvalue weighted by Crippen LogP contribution is 2.16. The minimum Gasteiger partial charge on any atom is -0.313 e. The Labute approximate surface area is 128 Å². The van der Waals surface area contributed by atoms with Crippen LogP contribution in [0.3, 0.4) is 0 Å². The third-order valence-electron chi connectivity index (χ3n) is 3.97. The van der Waals surface area contributed by atoms with Gasteiger partial charge in [-0.15, -0.1) is 0 Å². The Morgan fingerprint density at radius 2 is 1.52 bits per heavy atom. The number of hydrogen-bond acceptors (Lipinski definition) is 2. The zero-order chi connectivity index (χ0) is 14.9. The first-order chi connectivity index (χ1) is 10.3. The first-order valence-electron chi connectivity index (χ1n) is 7.74. The van der Waals surface area contributed by atoms with Crippen LogP contribution < -0.4 is 5.32 Å². The van der Waals surface area contributed by atoms with Crippen molar-refractivity contribution >= 4 is 0 Å². The minimum atomic E-state index is 0.436. The maximum Gasteiger partial charge on any atom is 0.0329 e. The lowest BCUT2D eigenvalue weighted by Gasteiger charge is -2.22. The van der Waals surface area contributed by atoms with Gasteiger partial charge < -0.3 is 10.2 Å². The summed E-state index contributed by atoms with van der Waals surface area (Å²) in [5.41, 5.74) is 2.79. The van der Waals surface area contributed by atoms with E-state index in [4.69, 9.17) is 0 Å². The third-order valence-corrected chi connectivity index (χ3v) is 3.97. The zero-order valence-electron chi connectivity index (χ0n) is 13.1. The van der Waals surface area contributed by atoms with Crippen LogP contribution in [0.15, 0.2) is 60.7 Å². The van der Waals surface area contributed by atoms with Crippen molar-refractivity contribution in [3.63, 3.8) is 0 Å². The minimum absolute atomic E-state index is 0.436. The van der Waals surface area contributed by atoms with Crippen LogP contribution >= 0.6 is 0 Å². The summed E-state index contributed by atoms with van der Waals surface area (Å²) in [4.78, 5) is 2.42. The average Bonchev–Trinajstić information content (AvgIpc) is 2.55. The molecule has 1 N–H and O–H groups in total. The largest absolute Gasteiger partial charge is 0.313 e. The monoisotopic (exact) mass is 282 g/mol. The van der Waals surface area contributed by atoms with Crippen LogP contribution in [0.25, 0.3) is 0 Å². The van der Waals surface area contributed by atoms with Crippen LogP contribution in [-0.2, 0) is 6.42 Å². The lowest BCUT2D eigenvalue weighted by atomic mass is 10.0. The molecule has 2 aromatic rings. The molecule has 0 aromatic heterocycles. The van der Waals surface area contributed by atoms with Gasteiger partial charge in [-0.1, -0.05) is 60.7 Å². The van der Waals surface area contributed by atoms with Crippen molar-refractivity contribution in [2.45, 2.75) is 18.9 Å². The first kappa shape index (κ1) is 15.7. The van der Waals surface area contributed by atoms with Gasteiger partial charge in [-0.05, 0) is 44.6 Å². The van der Waals surface area contributed by atoms with E-state index in [1.807, 2.05) is 7.05 Å². The predicted molar refractivity (Wildman–Crippen MR) is 90.5 cm³/mol. The Balaban J connectivity index is 1.76. The Bertz CT molecular complexity index is 495. The molecule has 0 aliphatic carbocycles. The number of hydrogen-bond donors (Lipinski definition) is 1. The summed E-state index contributed by atoms with van der Waals surface area (Å²) < 4.78 is 0. The molecule has 2 heteroatoms. The number of nitrogens with one attached hydrogen (secondary N) is 1. The molecule has 21 heavy (non-hydrogen) atoms. The van der Waals surface area contributed by atoms with Gasteiger partial charge >= 0.3 is 0 Å². The van der Waals surface area contributed by atoms with Gasteiger partial charge in [0.25, 0.3) is 0 Å². The molecular formula is C19H26N2. The van der Waals surface area contributed by atoms with Crippen LogP contribution in [0.1, 0.15) is 23.6 Å². The van der Waals surface area contributed by atoms with Crippen molar-refractivity contribution in [1.29, 1.82) is 0 Å². The molecule has 0 fully saturated rings. The van der Waals surface area contributed by atoms with Crippen LogP contribution in [0.4, 0.5) is 0 Å². The zero-order valence-corrected chi connectivity index (χ0v) is 13.1. The average molecular weight is 282 g/mol. The van der Waals surface area contributed by atoms with Gasteiger partial charge in [-0.3, -0.25) is 0 Å². The quantitative estimate of drug-likeness (QED) is 0.797. The summed E-state index contributed by atoms with van der Waals surface area (Å²) in [5.74, 6) is 0. The van der Waals surface area contributed by atoms with Crippen LogP contribution in [0.2, 0.25) is 0 Å². The first-order valence-corrected chi connectivity index (χ1v) is 7.74. The van der Waals surface area contributed by atoms with Gasteiger partial charge in [0.15, 0.2) is 0 Å². The van der Waals surface area contributed by atoms with E-state index in [-0.39, 0.29) is 0 Å². The molecular weight excluding hydrogens is 256 g/mol. The molecule has 2 aromatic carbocycles. The Kier molecular flexibility index (Phi) is 6.45. The summed E-state index contributed by atoms with van der Waals surface area (Å²) in [5, 5.41) is 3.42. The molecule has 2 nitrogen and oxygen atoms in total. The van der Waals surface area contributed by atoms with Gasteiger partial charge in [-0.25, -0.2) is 0 Å². The second-order valence-corrected chi connectivity index (χ2v) is 5.58. The summed E-state index contributed by atoms with van der Waals surface area (Å²) >= 11 is 0. The summed E-state index contributed by atoms with van der Waals surface area (Å²) in [6.07, 6.45) is 2.25. The number of likely N-dealkylation sites (N-methyl/N-ethyl adjacent to an activating group) is 1. The number of nitrogens with zero attached hydrogens (tertiary/aromatic N) is 1. The molecule has 0 amide bonds. The fraction of sp³-hybridized carbons (Fsp3) is 0.368. The SMILES string of the molecule is CNC(CCN(C)CCc1ccccc1)c1ccccc1. The molecule has 0 radical (unpaired) electrons. The van der Waals surface area contributed by atoms with Crippen molar-refractivity contribution in [2.24, 2.45) is 0 Å². The maximum absolute atomic E-state index is 3.42. The molecule has 2 rings (SSSR count). The molecule has 112 valence electrons. The van der Waals surface area contributed by atoms with Crippen molar-refractivity contribution in [2.75, 3.05) is 27.2 Å². The second-order valence-electron chi connectivity index (χ2n) is 5.58. The van der Waals surface area contributed by atoms with Crippen molar-refractivity contribution in [3.05, 3.63) is 71.8 Å². The van der Waals surface area contributed by atoms with Crippen LogP contribution in [0, 0.1) is 0 Å². The van der Waals surface area contributed by atoms with Crippen LogP contribution in [0.5, 0.6) is 0 Å². The van der Waals surface area contributed by atoms with E-state index in [0.29, 0.717) is 6.04 Å². The molecule has 0 bridgehead atoms. The molecule has 0 aliphatic rings. The normalized spacial score (nSPS) is 12.5. The molecule has 0 aliphatic heterocycles. The molecule has 0 heterocycles. The van der Waals surface area contributed by atoms with Crippen LogP contribution in [-0.4, -0.2) is 32.1 Å². The van der Waals surface area contributed by atoms with E-state index in [1.165, 1.54) is 11.1 Å². The predicted octanol–water partition coefficient (Wildman–Crippen LogP) is 3.51. The highest BCUT2D eigenvalue weighted by molar-refractivity contribution is 5.18. The summed E-state index contributed by atoms with van der Waals surface area (Å²) in [6, 6.07) is 21.8. The Morgan fingerprint density at radius 3 is 2.14 bits per heavy atom. The van der Waals surface area contributed by atoms with E-state index >= 15 is 0 Å². The van der Waals surface area contributed by atoms with E-state index in [9.17, 15) is 0 Å². The lowest BCUT2D eigenvalue weighted by molar-refractivity contribution is 0.314. The smallest absolute Gasteiger partial charge is 0.0329 e. The van der Waals surface area contributed by atoms with Gasteiger partial charge in [0.2, 0.25) is 0 Å². The molecule has 0 spiro atoms. The standard InChI is InChI=1S/C19H26N2/c1-20-19(18-11-7-4-8-12-18)14-16-21(2)15-13-17-9-5-3-6-10-17/h3-12,19-20H,13-16H2,1-2H3. The lowest BCUT2D eigenvalue weighted by Crippen LogP contribution is -2.27. The van der Waals surface area contributed by atoms with Crippen molar-refractivity contribution in [3.8, 4) is 0 Å². The number of benzene rings is 2. The number of rotatable bonds is 8. The van der Waals surface area contributed by atoms with E-state index in [1.54, 1.807) is 0 Å². The van der Waals surface area contributed by atoms with Gasteiger partial charge in [-0.2, -0.15) is 0 Å². The highest BCUT2D eigenvalue weighted by atomic mass is 15.1. The molecule has 0 saturated heterocycles. The van der Waals surface area contributed by atoms with Crippen molar-refractivity contribution < 1.29 is 0 Å².